The summed E-state index contributed by atoms with van der Waals surface area (Å²) in [4.78, 5) is 0. The van der Waals surface area contributed by atoms with Gasteiger partial charge in [-0.15, -0.1) is 0 Å². The third-order valence-electron chi connectivity index (χ3n) is 5.32. The summed E-state index contributed by atoms with van der Waals surface area (Å²) in [7, 11) is 0. The van der Waals surface area contributed by atoms with Crippen LogP contribution >= 0.6 is 0 Å². The average Bonchev–Trinajstić information content (AvgIpc) is 2.62. The fourth-order valence-corrected chi connectivity index (χ4v) is 3.63. The highest BCUT2D eigenvalue weighted by atomic mass is 16.5. The van der Waals surface area contributed by atoms with E-state index in [4.69, 9.17) is 9.47 Å². The molecule has 2 nitrogen and oxygen atoms in total. The molecule has 27 heavy (non-hydrogen) atoms. The Hall–Kier alpha value is -1.96. The first-order valence-electron chi connectivity index (χ1n) is 10.4. The Labute approximate surface area is 164 Å². The first-order chi connectivity index (χ1) is 13.0. The Morgan fingerprint density at radius 2 is 1.33 bits per heavy atom. The molecule has 0 amide bonds. The van der Waals surface area contributed by atoms with Crippen molar-refractivity contribution in [3.63, 3.8) is 0 Å². The van der Waals surface area contributed by atoms with Crippen LogP contribution in [0, 0.1) is 11.8 Å². The van der Waals surface area contributed by atoms with Crippen molar-refractivity contribution in [2.45, 2.75) is 60.3 Å². The van der Waals surface area contributed by atoms with Crippen LogP contribution in [0.2, 0.25) is 0 Å². The molecule has 0 radical (unpaired) electrons. The van der Waals surface area contributed by atoms with Crippen LogP contribution in [0.25, 0.3) is 10.8 Å². The van der Waals surface area contributed by atoms with Crippen LogP contribution in [0.15, 0.2) is 35.9 Å². The van der Waals surface area contributed by atoms with Gasteiger partial charge in [0.25, 0.3) is 0 Å². The normalized spacial score (nSPS) is 13.8. The predicted octanol–water partition coefficient (Wildman–Crippen LogP) is 6.73. The summed E-state index contributed by atoms with van der Waals surface area (Å²) in [5.74, 6) is 3.44. The smallest absolute Gasteiger partial charge is 0.131 e. The molecule has 1 aliphatic rings. The van der Waals surface area contributed by atoms with E-state index < -0.39 is 0 Å². The lowest BCUT2D eigenvalue weighted by molar-refractivity contribution is 0.282. The zero-order chi connectivity index (χ0) is 19.4. The molecule has 0 spiro atoms. The number of fused-ring (bicyclic) bond motifs is 2. The second-order valence-electron chi connectivity index (χ2n) is 8.65. The molecule has 0 heterocycles. The number of allylic oxidation sites excluding steroid dienone is 2. The van der Waals surface area contributed by atoms with Gasteiger partial charge in [0.15, 0.2) is 0 Å². The molecular formula is C25H34O2. The Kier molecular flexibility index (Phi) is 6.46. The van der Waals surface area contributed by atoms with Gasteiger partial charge >= 0.3 is 0 Å². The highest BCUT2D eigenvalue weighted by Crippen LogP contribution is 2.44. The molecule has 0 aliphatic heterocycles. The van der Waals surface area contributed by atoms with E-state index in [0.29, 0.717) is 11.8 Å². The van der Waals surface area contributed by atoms with Gasteiger partial charge in [0, 0.05) is 21.9 Å². The highest BCUT2D eigenvalue weighted by molar-refractivity contribution is 5.96. The first-order valence-corrected chi connectivity index (χ1v) is 10.4. The molecule has 0 saturated carbocycles. The van der Waals surface area contributed by atoms with Crippen molar-refractivity contribution < 1.29 is 9.47 Å². The molecule has 0 saturated heterocycles. The van der Waals surface area contributed by atoms with Gasteiger partial charge in [0.2, 0.25) is 0 Å². The molecule has 0 fully saturated rings. The Bertz CT molecular complexity index is 815. The molecule has 0 aromatic heterocycles. The largest absolute Gasteiger partial charge is 0.493 e. The van der Waals surface area contributed by atoms with E-state index in [-0.39, 0.29) is 0 Å². The molecule has 0 atom stereocenters. The summed E-state index contributed by atoms with van der Waals surface area (Å²) in [5.41, 5.74) is 4.07. The van der Waals surface area contributed by atoms with Gasteiger partial charge in [-0.2, -0.15) is 0 Å². The third kappa shape index (κ3) is 4.66. The van der Waals surface area contributed by atoms with Crippen LogP contribution in [0.3, 0.4) is 0 Å². The Morgan fingerprint density at radius 3 is 1.85 bits per heavy atom. The molecular weight excluding hydrogens is 332 g/mol. The van der Waals surface area contributed by atoms with Crippen molar-refractivity contribution >= 4 is 10.8 Å². The topological polar surface area (TPSA) is 18.5 Å². The second kappa shape index (κ2) is 8.82. The van der Waals surface area contributed by atoms with Crippen molar-refractivity contribution in [2.75, 3.05) is 13.2 Å². The number of rotatable bonds is 8. The minimum absolute atomic E-state index is 0.646. The molecule has 0 bridgehead atoms. The van der Waals surface area contributed by atoms with Gasteiger partial charge in [-0.3, -0.25) is 0 Å². The van der Waals surface area contributed by atoms with E-state index >= 15 is 0 Å². The molecule has 0 N–H and O–H groups in total. The minimum Gasteiger partial charge on any atom is -0.493 e. The van der Waals surface area contributed by atoms with Gasteiger partial charge in [-0.25, -0.2) is 0 Å². The standard InChI is InChI=1S/C25H34O2/c1-17(2)12-14-26-24-20-8-6-7-9-21(20)25(27-15-13-18(3)4)23-16-19(5)10-11-22(23)24/h6-10,17-18H,11-16H2,1-5H3. The molecule has 2 aromatic rings. The summed E-state index contributed by atoms with van der Waals surface area (Å²) in [6.07, 6.45) is 6.38. The summed E-state index contributed by atoms with van der Waals surface area (Å²) in [5, 5.41) is 2.38. The van der Waals surface area contributed by atoms with Crippen molar-refractivity contribution in [2.24, 2.45) is 11.8 Å². The number of hydrogen-bond donors (Lipinski definition) is 0. The SMILES string of the molecule is CC1=CCc2c(c(OCCC(C)C)c3ccccc3c2OCCC(C)C)C1. The molecule has 2 heteroatoms. The molecule has 3 rings (SSSR count). The fourth-order valence-electron chi connectivity index (χ4n) is 3.63. The van der Waals surface area contributed by atoms with Gasteiger partial charge in [-0.1, -0.05) is 63.6 Å². The lowest BCUT2D eigenvalue weighted by atomic mass is 9.87. The zero-order valence-electron chi connectivity index (χ0n) is 17.6. The molecule has 2 aromatic carbocycles. The van der Waals surface area contributed by atoms with Crippen LogP contribution < -0.4 is 9.47 Å². The highest BCUT2D eigenvalue weighted by Gasteiger charge is 2.23. The fraction of sp³-hybridized carbons (Fsp3) is 0.520. The van der Waals surface area contributed by atoms with Gasteiger partial charge in [-0.05, 0) is 44.4 Å². The van der Waals surface area contributed by atoms with Crippen molar-refractivity contribution in [1.29, 1.82) is 0 Å². The van der Waals surface area contributed by atoms with E-state index in [2.05, 4.69) is 65.0 Å². The van der Waals surface area contributed by atoms with Crippen molar-refractivity contribution in [3.8, 4) is 11.5 Å². The predicted molar refractivity (Wildman–Crippen MR) is 115 cm³/mol. The zero-order valence-corrected chi connectivity index (χ0v) is 17.6. The minimum atomic E-state index is 0.646. The number of ether oxygens (including phenoxy) is 2. The van der Waals surface area contributed by atoms with Gasteiger partial charge in [0.1, 0.15) is 11.5 Å². The Balaban J connectivity index is 2.05. The maximum Gasteiger partial charge on any atom is 0.131 e. The summed E-state index contributed by atoms with van der Waals surface area (Å²) in [6, 6.07) is 8.57. The summed E-state index contributed by atoms with van der Waals surface area (Å²) in [6.45, 7) is 12.7. The number of hydrogen-bond acceptors (Lipinski definition) is 2. The van der Waals surface area contributed by atoms with Crippen LogP contribution in [0.5, 0.6) is 11.5 Å². The van der Waals surface area contributed by atoms with Crippen molar-refractivity contribution in [3.05, 3.63) is 47.0 Å². The lowest BCUT2D eigenvalue weighted by Gasteiger charge is -2.25. The van der Waals surface area contributed by atoms with Crippen LogP contribution in [0.4, 0.5) is 0 Å². The van der Waals surface area contributed by atoms with Gasteiger partial charge in [0.05, 0.1) is 13.2 Å². The lowest BCUT2D eigenvalue weighted by Crippen LogP contribution is -2.12. The monoisotopic (exact) mass is 366 g/mol. The average molecular weight is 367 g/mol. The summed E-state index contributed by atoms with van der Waals surface area (Å²) < 4.78 is 12.8. The van der Waals surface area contributed by atoms with E-state index in [9.17, 15) is 0 Å². The molecule has 0 unspecified atom stereocenters. The summed E-state index contributed by atoms with van der Waals surface area (Å²) >= 11 is 0. The van der Waals surface area contributed by atoms with E-state index in [1.54, 1.807) is 0 Å². The van der Waals surface area contributed by atoms with Crippen LogP contribution in [0.1, 0.15) is 58.6 Å². The Morgan fingerprint density at radius 1 is 0.815 bits per heavy atom. The molecule has 1 aliphatic carbocycles. The second-order valence-corrected chi connectivity index (χ2v) is 8.65. The van der Waals surface area contributed by atoms with Crippen LogP contribution in [-0.2, 0) is 12.8 Å². The van der Waals surface area contributed by atoms with Crippen molar-refractivity contribution in [1.82, 2.24) is 0 Å². The van der Waals surface area contributed by atoms with Crippen LogP contribution in [-0.4, -0.2) is 13.2 Å². The quantitative estimate of drug-likeness (QED) is 0.482. The van der Waals surface area contributed by atoms with E-state index in [1.165, 1.54) is 27.5 Å². The van der Waals surface area contributed by atoms with E-state index in [1.807, 2.05) is 0 Å². The maximum absolute atomic E-state index is 6.39. The first kappa shape index (κ1) is 19.8. The van der Waals surface area contributed by atoms with E-state index in [0.717, 1.165) is 50.4 Å². The third-order valence-corrected chi connectivity index (χ3v) is 5.32. The number of benzene rings is 2. The van der Waals surface area contributed by atoms with Gasteiger partial charge < -0.3 is 9.47 Å². The maximum atomic E-state index is 6.39. The molecule has 146 valence electrons.